The molecule has 5 nitrogen and oxygen atoms in total. The van der Waals surface area contributed by atoms with Crippen LogP contribution in [0.3, 0.4) is 0 Å². The average molecular weight is 392 g/mol. The quantitative estimate of drug-likeness (QED) is 0.484. The van der Waals surface area contributed by atoms with E-state index in [0.29, 0.717) is 18.5 Å². The highest BCUT2D eigenvalue weighted by atomic mass is 32.1. The fraction of sp³-hybridized carbons (Fsp3) is 0.182. The lowest BCUT2D eigenvalue weighted by molar-refractivity contribution is 0.295. The molecular formula is C22H20N2O3S. The maximum absolute atomic E-state index is 13.0. The van der Waals surface area contributed by atoms with Gasteiger partial charge in [-0.3, -0.25) is 9.36 Å². The number of aromatic nitrogens is 2. The number of methoxy groups -OCH3 is 1. The molecule has 4 aromatic rings. The summed E-state index contributed by atoms with van der Waals surface area (Å²) in [5.41, 5.74) is 2.06. The van der Waals surface area contributed by atoms with E-state index in [1.54, 1.807) is 29.3 Å². The fourth-order valence-corrected chi connectivity index (χ4v) is 4.26. The molecule has 0 unspecified atom stereocenters. The van der Waals surface area contributed by atoms with Gasteiger partial charge in [-0.2, -0.15) is 0 Å². The van der Waals surface area contributed by atoms with Crippen molar-refractivity contribution in [3.63, 3.8) is 0 Å². The Labute approximate surface area is 166 Å². The van der Waals surface area contributed by atoms with Crippen molar-refractivity contribution in [3.05, 3.63) is 76.8 Å². The maximum Gasteiger partial charge on any atom is 0.262 e. The number of nitrogens with zero attached hydrogens (tertiary/aromatic N) is 2. The van der Waals surface area contributed by atoms with E-state index in [1.165, 1.54) is 0 Å². The molecule has 0 aliphatic rings. The second-order valence-electron chi connectivity index (χ2n) is 6.37. The summed E-state index contributed by atoms with van der Waals surface area (Å²) >= 11 is 1.56. The molecule has 0 bridgehead atoms. The molecule has 6 heteroatoms. The number of hydrogen-bond acceptors (Lipinski definition) is 5. The second-order valence-corrected chi connectivity index (χ2v) is 7.37. The minimum atomic E-state index is -0.0285. The molecule has 0 N–H and O–H groups in total. The van der Waals surface area contributed by atoms with Crippen molar-refractivity contribution >= 4 is 21.6 Å². The molecule has 0 spiro atoms. The van der Waals surface area contributed by atoms with Crippen molar-refractivity contribution in [1.29, 1.82) is 0 Å². The van der Waals surface area contributed by atoms with Gasteiger partial charge >= 0.3 is 0 Å². The molecule has 2 aromatic carbocycles. The molecule has 0 fully saturated rings. The third-order valence-corrected chi connectivity index (χ3v) is 5.86. The molecule has 0 radical (unpaired) electrons. The highest BCUT2D eigenvalue weighted by Gasteiger charge is 2.15. The first kappa shape index (κ1) is 18.3. The third-order valence-electron chi connectivity index (χ3n) is 4.61. The molecule has 4 rings (SSSR count). The number of thiophene rings is 1. The molecule has 28 heavy (non-hydrogen) atoms. The lowest BCUT2D eigenvalue weighted by atomic mass is 10.1. The lowest BCUT2D eigenvalue weighted by Crippen LogP contribution is -2.23. The van der Waals surface area contributed by atoms with Crippen LogP contribution in [-0.4, -0.2) is 23.3 Å². The van der Waals surface area contributed by atoms with E-state index in [1.807, 2.05) is 49.4 Å². The van der Waals surface area contributed by atoms with Crippen molar-refractivity contribution in [2.45, 2.75) is 13.5 Å². The van der Waals surface area contributed by atoms with Crippen molar-refractivity contribution < 1.29 is 9.47 Å². The van der Waals surface area contributed by atoms with Gasteiger partial charge < -0.3 is 9.47 Å². The normalized spacial score (nSPS) is 10.9. The SMILES string of the molecule is COc1ccc(OCCn2cnc3sc(-c4ccccc4)c(C)c3c2=O)cc1. The Morgan fingerprint density at radius 2 is 1.75 bits per heavy atom. The van der Waals surface area contributed by atoms with E-state index in [9.17, 15) is 4.79 Å². The monoisotopic (exact) mass is 392 g/mol. The summed E-state index contributed by atoms with van der Waals surface area (Å²) in [7, 11) is 1.63. The first-order valence-electron chi connectivity index (χ1n) is 8.98. The second kappa shape index (κ2) is 7.86. The maximum atomic E-state index is 13.0. The summed E-state index contributed by atoms with van der Waals surface area (Å²) in [5.74, 6) is 1.52. The minimum absolute atomic E-state index is 0.0285. The van der Waals surface area contributed by atoms with Gasteiger partial charge in [0.25, 0.3) is 5.56 Å². The van der Waals surface area contributed by atoms with E-state index in [-0.39, 0.29) is 5.56 Å². The molecule has 0 saturated carbocycles. The molecule has 0 saturated heterocycles. The Morgan fingerprint density at radius 1 is 1.04 bits per heavy atom. The largest absolute Gasteiger partial charge is 0.497 e. The average Bonchev–Trinajstić information content (AvgIpc) is 3.08. The number of hydrogen-bond donors (Lipinski definition) is 0. The molecule has 0 aliphatic heterocycles. The Hall–Kier alpha value is -3.12. The van der Waals surface area contributed by atoms with Crippen molar-refractivity contribution in [3.8, 4) is 21.9 Å². The van der Waals surface area contributed by atoms with Gasteiger partial charge in [-0.25, -0.2) is 4.98 Å². The Balaban J connectivity index is 1.56. The lowest BCUT2D eigenvalue weighted by Gasteiger charge is -2.09. The molecule has 0 amide bonds. The van der Waals surface area contributed by atoms with Crippen LogP contribution in [0.1, 0.15) is 5.56 Å². The zero-order chi connectivity index (χ0) is 19.5. The highest BCUT2D eigenvalue weighted by Crippen LogP contribution is 2.35. The molecule has 2 aromatic heterocycles. The first-order chi connectivity index (χ1) is 13.7. The zero-order valence-corrected chi connectivity index (χ0v) is 16.5. The van der Waals surface area contributed by atoms with Crippen LogP contribution in [0.4, 0.5) is 0 Å². The van der Waals surface area contributed by atoms with E-state index < -0.39 is 0 Å². The van der Waals surface area contributed by atoms with Gasteiger partial charge in [0, 0.05) is 4.88 Å². The number of rotatable bonds is 6. The summed E-state index contributed by atoms with van der Waals surface area (Å²) in [4.78, 5) is 19.3. The first-order valence-corrected chi connectivity index (χ1v) is 9.80. The Morgan fingerprint density at radius 3 is 2.46 bits per heavy atom. The van der Waals surface area contributed by atoms with Crippen LogP contribution in [0, 0.1) is 6.92 Å². The van der Waals surface area contributed by atoms with Crippen LogP contribution < -0.4 is 15.0 Å². The Bertz CT molecular complexity index is 1150. The predicted octanol–water partition coefficient (Wildman–Crippen LogP) is 4.52. The molecule has 2 heterocycles. The van der Waals surface area contributed by atoms with Crippen LogP contribution in [-0.2, 0) is 6.54 Å². The standard InChI is InChI=1S/C22H20N2O3S/c1-15-19-21(28-20(15)16-6-4-3-5-7-16)23-14-24(22(19)25)12-13-27-18-10-8-17(26-2)9-11-18/h3-11,14H,12-13H2,1-2H3. The topological polar surface area (TPSA) is 53.4 Å². The van der Waals surface area contributed by atoms with E-state index in [4.69, 9.17) is 9.47 Å². The smallest absolute Gasteiger partial charge is 0.262 e. The fourth-order valence-electron chi connectivity index (χ4n) is 3.12. The summed E-state index contributed by atoms with van der Waals surface area (Å²) in [6.07, 6.45) is 1.60. The van der Waals surface area contributed by atoms with Crippen molar-refractivity contribution in [1.82, 2.24) is 9.55 Å². The number of aryl methyl sites for hydroxylation is 1. The Kier molecular flexibility index (Phi) is 5.12. The van der Waals surface area contributed by atoms with Gasteiger partial charge in [-0.1, -0.05) is 30.3 Å². The number of benzene rings is 2. The van der Waals surface area contributed by atoms with Gasteiger partial charge in [-0.05, 0) is 42.3 Å². The van der Waals surface area contributed by atoms with Gasteiger partial charge in [0.15, 0.2) is 0 Å². The summed E-state index contributed by atoms with van der Waals surface area (Å²) in [5, 5.41) is 0.691. The van der Waals surface area contributed by atoms with Gasteiger partial charge in [0.1, 0.15) is 22.9 Å². The number of fused-ring (bicyclic) bond motifs is 1. The van der Waals surface area contributed by atoms with Crippen LogP contribution in [0.5, 0.6) is 11.5 Å². The predicted molar refractivity (Wildman–Crippen MR) is 113 cm³/mol. The molecular weight excluding hydrogens is 372 g/mol. The van der Waals surface area contributed by atoms with Gasteiger partial charge in [0.05, 0.1) is 25.4 Å². The molecule has 0 aliphatic carbocycles. The summed E-state index contributed by atoms with van der Waals surface area (Å²) < 4.78 is 12.5. The van der Waals surface area contributed by atoms with E-state index >= 15 is 0 Å². The molecule has 0 atom stereocenters. The van der Waals surface area contributed by atoms with Gasteiger partial charge in [0.2, 0.25) is 0 Å². The van der Waals surface area contributed by atoms with Crippen LogP contribution in [0.25, 0.3) is 20.7 Å². The van der Waals surface area contributed by atoms with Crippen molar-refractivity contribution in [2.24, 2.45) is 0 Å². The zero-order valence-electron chi connectivity index (χ0n) is 15.7. The van der Waals surface area contributed by atoms with Crippen molar-refractivity contribution in [2.75, 3.05) is 13.7 Å². The van der Waals surface area contributed by atoms with E-state index in [2.05, 4.69) is 17.1 Å². The van der Waals surface area contributed by atoms with Crippen LogP contribution in [0.2, 0.25) is 0 Å². The summed E-state index contributed by atoms with van der Waals surface area (Å²) in [6, 6.07) is 17.5. The van der Waals surface area contributed by atoms with E-state index in [0.717, 1.165) is 32.3 Å². The molecule has 142 valence electrons. The third kappa shape index (κ3) is 3.51. The van der Waals surface area contributed by atoms with Gasteiger partial charge in [-0.15, -0.1) is 11.3 Å². The summed E-state index contributed by atoms with van der Waals surface area (Å²) in [6.45, 7) is 2.81. The highest BCUT2D eigenvalue weighted by molar-refractivity contribution is 7.22. The van der Waals surface area contributed by atoms with Crippen LogP contribution >= 0.6 is 11.3 Å². The van der Waals surface area contributed by atoms with Crippen LogP contribution in [0.15, 0.2) is 65.7 Å². The number of ether oxygens (including phenoxy) is 2. The minimum Gasteiger partial charge on any atom is -0.497 e.